The Bertz CT molecular complexity index is 1150. The number of benzene rings is 1. The van der Waals surface area contributed by atoms with Gasteiger partial charge in [-0.1, -0.05) is 13.0 Å². The number of piperidine rings is 1. The number of ether oxygens (including phenoxy) is 1. The largest absolute Gasteiger partial charge is 0.573 e. The number of aromatic nitrogens is 2. The number of alkyl halides is 3. The van der Waals surface area contributed by atoms with Gasteiger partial charge < -0.3 is 20.3 Å². The molecule has 2 atom stereocenters. The van der Waals surface area contributed by atoms with Crippen molar-refractivity contribution in [2.24, 2.45) is 0 Å². The van der Waals surface area contributed by atoms with Crippen LogP contribution in [0.3, 0.4) is 0 Å². The molecule has 2 aliphatic rings. The quantitative estimate of drug-likeness (QED) is 0.605. The average Bonchev–Trinajstić information content (AvgIpc) is 2.77. The second-order valence-corrected chi connectivity index (χ2v) is 8.27. The Morgan fingerprint density at radius 2 is 2.09 bits per heavy atom. The highest BCUT2D eigenvalue weighted by Gasteiger charge is 2.36. The normalized spacial score (nSPS) is 20.4. The number of amides is 2. The van der Waals surface area contributed by atoms with Crippen LogP contribution in [0.1, 0.15) is 50.5 Å². The minimum atomic E-state index is -4.88. The van der Waals surface area contributed by atoms with Gasteiger partial charge in [-0.2, -0.15) is 4.98 Å². The zero-order chi connectivity index (χ0) is 24.5. The highest BCUT2D eigenvalue weighted by Crippen LogP contribution is 2.32. The van der Waals surface area contributed by atoms with E-state index >= 15 is 0 Å². The van der Waals surface area contributed by atoms with Crippen molar-refractivity contribution in [3.63, 3.8) is 0 Å². The Labute approximate surface area is 192 Å². The molecule has 1 aromatic carbocycles. The Balaban J connectivity index is 1.60. The molecule has 2 unspecified atom stereocenters. The molecule has 0 radical (unpaired) electrons. The number of anilines is 3. The Morgan fingerprint density at radius 1 is 1.29 bits per heavy atom. The van der Waals surface area contributed by atoms with Crippen LogP contribution < -0.4 is 25.8 Å². The molecule has 1 saturated heterocycles. The zero-order valence-electron chi connectivity index (χ0n) is 18.4. The van der Waals surface area contributed by atoms with E-state index in [1.54, 1.807) is 0 Å². The molecule has 182 valence electrons. The van der Waals surface area contributed by atoms with Crippen molar-refractivity contribution >= 4 is 29.3 Å². The van der Waals surface area contributed by atoms with Gasteiger partial charge in [-0.25, -0.2) is 0 Å². The van der Waals surface area contributed by atoms with E-state index in [2.05, 4.69) is 32.3 Å². The van der Waals surface area contributed by atoms with Gasteiger partial charge in [-0.3, -0.25) is 19.4 Å². The number of nitrogens with zero attached hydrogens (tertiary/aromatic N) is 2. The highest BCUT2D eigenvalue weighted by atomic mass is 19.4. The minimum Gasteiger partial charge on any atom is -0.406 e. The van der Waals surface area contributed by atoms with Crippen molar-refractivity contribution in [3.8, 4) is 5.75 Å². The van der Waals surface area contributed by atoms with E-state index in [0.29, 0.717) is 12.5 Å². The Kier molecular flexibility index (Phi) is 6.49. The smallest absolute Gasteiger partial charge is 0.406 e. The molecular formula is C22H24F3N5O4. The van der Waals surface area contributed by atoms with Gasteiger partial charge in [0.1, 0.15) is 11.6 Å². The number of carbonyl (C=O) groups excluding carboxylic acids is 2. The minimum absolute atomic E-state index is 0.00797. The summed E-state index contributed by atoms with van der Waals surface area (Å²) in [5, 5.41) is 5.04. The van der Waals surface area contributed by atoms with Crippen molar-refractivity contribution in [2.75, 3.05) is 22.1 Å². The first-order valence-electron chi connectivity index (χ1n) is 11.0. The van der Waals surface area contributed by atoms with Crippen molar-refractivity contribution in [1.29, 1.82) is 0 Å². The summed E-state index contributed by atoms with van der Waals surface area (Å²) in [5.41, 5.74) is -0.511. The standard InChI is InChI=1S/C22H24F3N5O4/c1-2-13-7-3-4-9-30(13)21-28-18-17(20(33)29-21)15(11-16(31)27-18)19(32)26-12-6-5-8-14(10-12)34-22(23,24)25/h5-6,8,10,13,15H,2-4,7,9,11H2,1H3,(H,26,32)(H2,27,28,29,31,33). The molecule has 34 heavy (non-hydrogen) atoms. The highest BCUT2D eigenvalue weighted by molar-refractivity contribution is 6.04. The summed E-state index contributed by atoms with van der Waals surface area (Å²) in [6, 6.07) is 4.95. The van der Waals surface area contributed by atoms with E-state index in [4.69, 9.17) is 0 Å². The van der Waals surface area contributed by atoms with Crippen LogP contribution in [0.2, 0.25) is 0 Å². The number of H-pyrrole nitrogens is 1. The van der Waals surface area contributed by atoms with Crippen molar-refractivity contribution < 1.29 is 27.5 Å². The van der Waals surface area contributed by atoms with Crippen LogP contribution in [0.15, 0.2) is 29.1 Å². The number of aromatic amines is 1. The van der Waals surface area contributed by atoms with Crippen LogP contribution in [-0.4, -0.2) is 40.7 Å². The van der Waals surface area contributed by atoms with Crippen LogP contribution in [0, 0.1) is 0 Å². The van der Waals surface area contributed by atoms with Gasteiger partial charge in [0.2, 0.25) is 17.8 Å². The molecule has 2 aromatic rings. The van der Waals surface area contributed by atoms with Crippen molar-refractivity contribution in [1.82, 2.24) is 9.97 Å². The lowest BCUT2D eigenvalue weighted by Gasteiger charge is -2.36. The zero-order valence-corrected chi connectivity index (χ0v) is 18.4. The summed E-state index contributed by atoms with van der Waals surface area (Å²) in [6.07, 6.45) is -1.32. The van der Waals surface area contributed by atoms with E-state index in [1.807, 2.05) is 4.90 Å². The molecule has 2 amide bonds. The molecule has 0 aliphatic carbocycles. The maximum Gasteiger partial charge on any atom is 0.573 e. The number of carbonyl (C=O) groups is 2. The first-order chi connectivity index (χ1) is 16.1. The van der Waals surface area contributed by atoms with Gasteiger partial charge in [-0.05, 0) is 37.8 Å². The molecule has 3 N–H and O–H groups in total. The summed E-state index contributed by atoms with van der Waals surface area (Å²) < 4.78 is 41.3. The molecule has 9 nitrogen and oxygen atoms in total. The predicted octanol–water partition coefficient (Wildman–Crippen LogP) is 3.50. The SMILES string of the molecule is CCC1CCCCN1c1nc2c(c(=O)[nH]1)C(C(=O)Nc1cccc(OC(F)(F)F)c1)CC(=O)N2. The third kappa shape index (κ3) is 5.15. The summed E-state index contributed by atoms with van der Waals surface area (Å²) in [5.74, 6) is -2.52. The Morgan fingerprint density at radius 3 is 2.82 bits per heavy atom. The molecule has 0 bridgehead atoms. The first-order valence-corrected chi connectivity index (χ1v) is 11.0. The van der Waals surface area contributed by atoms with Gasteiger partial charge in [0, 0.05) is 30.8 Å². The Hall–Kier alpha value is -3.57. The van der Waals surface area contributed by atoms with Gasteiger partial charge in [-0.15, -0.1) is 13.2 Å². The number of nitrogens with one attached hydrogen (secondary N) is 3. The second-order valence-electron chi connectivity index (χ2n) is 8.27. The van der Waals surface area contributed by atoms with E-state index in [0.717, 1.165) is 37.8 Å². The van der Waals surface area contributed by atoms with E-state index < -0.39 is 35.4 Å². The van der Waals surface area contributed by atoms with Crippen LogP contribution in [0.4, 0.5) is 30.6 Å². The van der Waals surface area contributed by atoms with Gasteiger partial charge in [0.25, 0.3) is 5.56 Å². The third-order valence-electron chi connectivity index (χ3n) is 5.96. The molecule has 1 aromatic heterocycles. The molecule has 12 heteroatoms. The topological polar surface area (TPSA) is 116 Å². The fourth-order valence-electron chi connectivity index (χ4n) is 4.42. The average molecular weight is 479 g/mol. The van der Waals surface area contributed by atoms with Crippen molar-refractivity contribution in [2.45, 2.75) is 57.3 Å². The van der Waals surface area contributed by atoms with E-state index in [9.17, 15) is 27.6 Å². The summed E-state index contributed by atoms with van der Waals surface area (Å²) >= 11 is 0. The molecule has 1 fully saturated rings. The summed E-state index contributed by atoms with van der Waals surface area (Å²) in [7, 11) is 0. The van der Waals surface area contributed by atoms with Crippen molar-refractivity contribution in [3.05, 3.63) is 40.2 Å². The lowest BCUT2D eigenvalue weighted by atomic mass is 9.92. The molecular weight excluding hydrogens is 455 g/mol. The third-order valence-corrected chi connectivity index (χ3v) is 5.96. The summed E-state index contributed by atoms with van der Waals surface area (Å²) in [4.78, 5) is 47.5. The number of halogens is 3. The van der Waals surface area contributed by atoms with Gasteiger partial charge >= 0.3 is 6.36 Å². The fraction of sp³-hybridized carbons (Fsp3) is 0.455. The number of hydrogen-bond donors (Lipinski definition) is 3. The first kappa shape index (κ1) is 23.6. The van der Waals surface area contributed by atoms with Gasteiger partial charge in [0.05, 0.1) is 11.5 Å². The van der Waals surface area contributed by atoms with Gasteiger partial charge in [0.15, 0.2) is 0 Å². The fourth-order valence-corrected chi connectivity index (χ4v) is 4.42. The van der Waals surface area contributed by atoms with Crippen LogP contribution in [0.5, 0.6) is 5.75 Å². The lowest BCUT2D eigenvalue weighted by molar-refractivity contribution is -0.274. The molecule has 0 saturated carbocycles. The van der Waals surface area contributed by atoms with E-state index in [1.165, 1.54) is 12.1 Å². The lowest BCUT2D eigenvalue weighted by Crippen LogP contribution is -2.43. The monoisotopic (exact) mass is 479 g/mol. The van der Waals surface area contributed by atoms with Crippen LogP contribution >= 0.6 is 0 Å². The maximum absolute atomic E-state index is 13.0. The van der Waals surface area contributed by atoms with E-state index in [-0.39, 0.29) is 29.5 Å². The number of hydrogen-bond acceptors (Lipinski definition) is 6. The molecule has 4 rings (SSSR count). The number of fused-ring (bicyclic) bond motifs is 1. The van der Waals surface area contributed by atoms with Crippen LogP contribution in [0.25, 0.3) is 0 Å². The summed E-state index contributed by atoms with van der Waals surface area (Å²) in [6.45, 7) is 2.77. The predicted molar refractivity (Wildman–Crippen MR) is 118 cm³/mol. The van der Waals surface area contributed by atoms with Crippen LogP contribution in [-0.2, 0) is 9.59 Å². The second kappa shape index (κ2) is 9.35. The molecule has 2 aliphatic heterocycles. The maximum atomic E-state index is 13.0. The molecule has 3 heterocycles. The molecule has 0 spiro atoms. The number of rotatable bonds is 5.